The molecule has 4 rings (SSSR count). The standard InChI is InChI=1S/C20H17F2N3O/c21-16-7-6-13(8-17(16)22)14-9-15(14)20(26)24-11-19-23-10-18(25-19)12-4-2-1-3-5-12/h1-8,10,14-15H,9,11H2,(H,23,25)(H,24,26). The molecule has 0 bridgehead atoms. The molecule has 6 heteroatoms. The minimum atomic E-state index is -0.877. The number of benzene rings is 2. The van der Waals surface area contributed by atoms with Gasteiger partial charge >= 0.3 is 0 Å². The molecule has 2 atom stereocenters. The zero-order valence-electron chi connectivity index (χ0n) is 13.9. The number of carbonyl (C=O) groups is 1. The average Bonchev–Trinajstić information content (AvgIpc) is 3.32. The van der Waals surface area contributed by atoms with Gasteiger partial charge in [-0.15, -0.1) is 0 Å². The zero-order chi connectivity index (χ0) is 18.1. The van der Waals surface area contributed by atoms with Gasteiger partial charge in [0.05, 0.1) is 18.4 Å². The number of nitrogens with one attached hydrogen (secondary N) is 2. The summed E-state index contributed by atoms with van der Waals surface area (Å²) in [5, 5.41) is 2.85. The van der Waals surface area contributed by atoms with Crippen LogP contribution in [0.15, 0.2) is 54.7 Å². The molecule has 2 unspecified atom stereocenters. The highest BCUT2D eigenvalue weighted by Gasteiger charge is 2.44. The lowest BCUT2D eigenvalue weighted by Gasteiger charge is -2.04. The molecule has 3 aromatic rings. The summed E-state index contributed by atoms with van der Waals surface area (Å²) in [4.78, 5) is 19.7. The topological polar surface area (TPSA) is 57.8 Å². The highest BCUT2D eigenvalue weighted by atomic mass is 19.2. The number of halogens is 2. The van der Waals surface area contributed by atoms with Crippen LogP contribution in [0, 0.1) is 17.6 Å². The molecular weight excluding hydrogens is 336 g/mol. The minimum absolute atomic E-state index is 0.0541. The summed E-state index contributed by atoms with van der Waals surface area (Å²) < 4.78 is 26.3. The number of hydrogen-bond donors (Lipinski definition) is 2. The summed E-state index contributed by atoms with van der Waals surface area (Å²) >= 11 is 0. The van der Waals surface area contributed by atoms with E-state index in [1.165, 1.54) is 12.1 Å². The number of H-pyrrole nitrogens is 1. The van der Waals surface area contributed by atoms with Gasteiger partial charge in [-0.25, -0.2) is 13.8 Å². The Labute approximate surface area is 149 Å². The lowest BCUT2D eigenvalue weighted by molar-refractivity contribution is -0.122. The smallest absolute Gasteiger partial charge is 0.224 e. The monoisotopic (exact) mass is 353 g/mol. The van der Waals surface area contributed by atoms with Gasteiger partial charge in [0.25, 0.3) is 0 Å². The maximum absolute atomic E-state index is 13.3. The van der Waals surface area contributed by atoms with E-state index >= 15 is 0 Å². The lowest BCUT2D eigenvalue weighted by Crippen LogP contribution is -2.25. The molecule has 1 aliphatic rings. The molecule has 4 nitrogen and oxygen atoms in total. The zero-order valence-corrected chi connectivity index (χ0v) is 13.9. The molecule has 2 N–H and O–H groups in total. The summed E-state index contributed by atoms with van der Waals surface area (Å²) in [7, 11) is 0. The van der Waals surface area contributed by atoms with Gasteiger partial charge in [0.2, 0.25) is 5.91 Å². The van der Waals surface area contributed by atoms with Gasteiger partial charge in [-0.05, 0) is 35.6 Å². The predicted molar refractivity (Wildman–Crippen MR) is 93.1 cm³/mol. The Morgan fingerprint density at radius 2 is 1.96 bits per heavy atom. The van der Waals surface area contributed by atoms with Crippen LogP contribution < -0.4 is 5.32 Å². The van der Waals surface area contributed by atoms with E-state index in [1.807, 2.05) is 30.3 Å². The Hall–Kier alpha value is -3.02. The van der Waals surface area contributed by atoms with E-state index in [0.29, 0.717) is 24.4 Å². The van der Waals surface area contributed by atoms with Crippen LogP contribution in [0.5, 0.6) is 0 Å². The van der Waals surface area contributed by atoms with Crippen LogP contribution in [0.3, 0.4) is 0 Å². The van der Waals surface area contributed by atoms with Gasteiger partial charge in [0.15, 0.2) is 11.6 Å². The number of hydrogen-bond acceptors (Lipinski definition) is 2. The van der Waals surface area contributed by atoms with Crippen LogP contribution in [-0.4, -0.2) is 15.9 Å². The predicted octanol–water partition coefficient (Wildman–Crippen LogP) is 3.77. The van der Waals surface area contributed by atoms with Crippen molar-refractivity contribution in [2.24, 2.45) is 5.92 Å². The van der Waals surface area contributed by atoms with Gasteiger partial charge < -0.3 is 10.3 Å². The number of rotatable bonds is 5. The molecule has 26 heavy (non-hydrogen) atoms. The Balaban J connectivity index is 1.34. The second-order valence-electron chi connectivity index (χ2n) is 6.45. The highest BCUT2D eigenvalue weighted by molar-refractivity contribution is 5.82. The van der Waals surface area contributed by atoms with Gasteiger partial charge in [-0.2, -0.15) is 0 Å². The fraction of sp³-hybridized carbons (Fsp3) is 0.200. The van der Waals surface area contributed by atoms with Crippen molar-refractivity contribution < 1.29 is 13.6 Å². The second kappa shape index (κ2) is 6.71. The maximum Gasteiger partial charge on any atom is 0.224 e. The van der Waals surface area contributed by atoms with Crippen molar-refractivity contribution in [2.45, 2.75) is 18.9 Å². The first kappa shape index (κ1) is 16.4. The van der Waals surface area contributed by atoms with Crippen molar-refractivity contribution >= 4 is 5.91 Å². The van der Waals surface area contributed by atoms with E-state index in [2.05, 4.69) is 15.3 Å². The Morgan fingerprint density at radius 3 is 2.73 bits per heavy atom. The first-order valence-electron chi connectivity index (χ1n) is 8.44. The van der Waals surface area contributed by atoms with E-state index in [9.17, 15) is 13.6 Å². The quantitative estimate of drug-likeness (QED) is 0.733. The third kappa shape index (κ3) is 3.35. The molecule has 132 valence electrons. The van der Waals surface area contributed by atoms with Crippen LogP contribution in [0.25, 0.3) is 11.3 Å². The molecule has 0 saturated heterocycles. The molecule has 1 fully saturated rings. The number of aromatic amines is 1. The minimum Gasteiger partial charge on any atom is -0.349 e. The molecular formula is C20H17F2N3O. The third-order valence-electron chi connectivity index (χ3n) is 4.64. The molecule has 0 spiro atoms. The van der Waals surface area contributed by atoms with Crippen LogP contribution in [-0.2, 0) is 11.3 Å². The number of aromatic nitrogens is 2. The molecule has 1 amide bonds. The Bertz CT molecular complexity index is 939. The summed E-state index contributed by atoms with van der Waals surface area (Å²) in [6, 6.07) is 13.6. The van der Waals surface area contributed by atoms with Crippen molar-refractivity contribution in [3.63, 3.8) is 0 Å². The Morgan fingerprint density at radius 1 is 1.15 bits per heavy atom. The highest BCUT2D eigenvalue weighted by Crippen LogP contribution is 2.47. The first-order chi connectivity index (χ1) is 12.6. The summed E-state index contributed by atoms with van der Waals surface area (Å²) in [6.07, 6.45) is 2.38. The normalized spacial score (nSPS) is 18.5. The van der Waals surface area contributed by atoms with Gasteiger partial charge in [-0.1, -0.05) is 36.4 Å². The van der Waals surface area contributed by atoms with E-state index in [1.54, 1.807) is 6.20 Å². The molecule has 1 saturated carbocycles. The summed E-state index contributed by atoms with van der Waals surface area (Å²) in [5.74, 6) is -1.44. The van der Waals surface area contributed by atoms with Crippen molar-refractivity contribution in [1.82, 2.24) is 15.3 Å². The summed E-state index contributed by atoms with van der Waals surface area (Å²) in [5.41, 5.74) is 2.58. The number of carbonyl (C=O) groups excluding carboxylic acids is 1. The Kier molecular flexibility index (Phi) is 4.24. The fourth-order valence-electron chi connectivity index (χ4n) is 3.11. The maximum atomic E-state index is 13.3. The van der Waals surface area contributed by atoms with E-state index in [4.69, 9.17) is 0 Å². The van der Waals surface area contributed by atoms with E-state index in [0.717, 1.165) is 17.3 Å². The van der Waals surface area contributed by atoms with Crippen LogP contribution in [0.4, 0.5) is 8.78 Å². The molecule has 1 heterocycles. The van der Waals surface area contributed by atoms with Crippen LogP contribution >= 0.6 is 0 Å². The summed E-state index contributed by atoms with van der Waals surface area (Å²) in [6.45, 7) is 0.298. The fourth-order valence-corrected chi connectivity index (χ4v) is 3.11. The average molecular weight is 353 g/mol. The largest absolute Gasteiger partial charge is 0.349 e. The molecule has 1 aliphatic carbocycles. The number of nitrogens with zero attached hydrogens (tertiary/aromatic N) is 1. The van der Waals surface area contributed by atoms with Crippen LogP contribution in [0.2, 0.25) is 0 Å². The van der Waals surface area contributed by atoms with E-state index in [-0.39, 0.29) is 17.7 Å². The molecule has 2 aromatic carbocycles. The van der Waals surface area contributed by atoms with Gasteiger partial charge in [-0.3, -0.25) is 4.79 Å². The molecule has 1 aromatic heterocycles. The molecule has 0 aliphatic heterocycles. The second-order valence-corrected chi connectivity index (χ2v) is 6.45. The first-order valence-corrected chi connectivity index (χ1v) is 8.44. The van der Waals surface area contributed by atoms with Crippen molar-refractivity contribution in [2.75, 3.05) is 0 Å². The lowest BCUT2D eigenvalue weighted by atomic mass is 10.1. The third-order valence-corrected chi connectivity index (χ3v) is 4.64. The van der Waals surface area contributed by atoms with Crippen molar-refractivity contribution in [1.29, 1.82) is 0 Å². The van der Waals surface area contributed by atoms with Crippen molar-refractivity contribution in [3.8, 4) is 11.3 Å². The van der Waals surface area contributed by atoms with Gasteiger partial charge in [0.1, 0.15) is 5.82 Å². The number of imidazole rings is 1. The van der Waals surface area contributed by atoms with Crippen molar-refractivity contribution in [3.05, 3.63) is 77.8 Å². The van der Waals surface area contributed by atoms with Crippen LogP contribution in [0.1, 0.15) is 23.7 Å². The molecule has 0 radical (unpaired) electrons. The SMILES string of the molecule is O=C(NCc1ncc(-c2ccccc2)[nH]1)C1CC1c1ccc(F)c(F)c1. The van der Waals surface area contributed by atoms with E-state index < -0.39 is 11.6 Å². The number of amides is 1. The van der Waals surface area contributed by atoms with Gasteiger partial charge in [0, 0.05) is 5.92 Å².